The third-order valence-corrected chi connectivity index (χ3v) is 7.13. The molecule has 1 atom stereocenters. The van der Waals surface area contributed by atoms with E-state index in [1.165, 1.54) is 17.3 Å². The molecule has 0 saturated heterocycles. The molecule has 0 fully saturated rings. The first-order valence-electron chi connectivity index (χ1n) is 10.9. The minimum Gasteiger partial charge on any atom is -0.343 e. The zero-order valence-electron chi connectivity index (χ0n) is 18.6. The van der Waals surface area contributed by atoms with E-state index < -0.39 is 0 Å². The number of aryl methyl sites for hydroxylation is 2. The molecule has 0 saturated carbocycles. The molecule has 3 aromatic rings. The van der Waals surface area contributed by atoms with Crippen LogP contribution in [0.4, 0.5) is 0 Å². The normalized spacial score (nSPS) is 15.4. The number of benzene rings is 1. The molecule has 1 aliphatic rings. The Labute approximate surface area is 186 Å². The number of hydrogen-bond donors (Lipinski definition) is 0. The van der Waals surface area contributed by atoms with Crippen LogP contribution < -0.4 is 5.56 Å². The van der Waals surface area contributed by atoms with Crippen LogP contribution in [0.1, 0.15) is 50.3 Å². The van der Waals surface area contributed by atoms with E-state index in [1.54, 1.807) is 15.4 Å². The second kappa shape index (κ2) is 8.86. The van der Waals surface area contributed by atoms with Gasteiger partial charge in [-0.3, -0.25) is 14.2 Å². The highest BCUT2D eigenvalue weighted by Gasteiger charge is 2.30. The maximum atomic E-state index is 13.3. The van der Waals surface area contributed by atoms with Gasteiger partial charge in [0.2, 0.25) is 5.91 Å². The lowest BCUT2D eigenvalue weighted by molar-refractivity contribution is -0.131. The Morgan fingerprint density at radius 3 is 2.77 bits per heavy atom. The predicted molar refractivity (Wildman–Crippen MR) is 124 cm³/mol. The number of carbonyl (C=O) groups is 1. The number of aromatic nitrogens is 4. The zero-order valence-corrected chi connectivity index (χ0v) is 19.4. The minimum atomic E-state index is -0.169. The van der Waals surface area contributed by atoms with Crippen LogP contribution in [0.5, 0.6) is 0 Å². The molecule has 2 aromatic heterocycles. The van der Waals surface area contributed by atoms with Crippen molar-refractivity contribution in [2.24, 2.45) is 0 Å². The molecule has 1 amide bonds. The third kappa shape index (κ3) is 4.01. The lowest BCUT2D eigenvalue weighted by atomic mass is 10.1. The number of hydrogen-bond acceptors (Lipinski definition) is 5. The van der Waals surface area contributed by atoms with Crippen molar-refractivity contribution in [1.29, 1.82) is 0 Å². The molecule has 0 aliphatic carbocycles. The molecule has 164 valence electrons. The van der Waals surface area contributed by atoms with Crippen LogP contribution in [-0.2, 0) is 4.79 Å². The van der Waals surface area contributed by atoms with Gasteiger partial charge in [-0.05, 0) is 50.5 Å². The average Bonchev–Trinajstić information content (AvgIpc) is 3.36. The molecule has 1 unspecified atom stereocenters. The van der Waals surface area contributed by atoms with Crippen LogP contribution in [-0.4, -0.2) is 49.0 Å². The van der Waals surface area contributed by atoms with Gasteiger partial charge in [0.05, 0.1) is 17.9 Å². The van der Waals surface area contributed by atoms with Gasteiger partial charge in [-0.15, -0.1) is 0 Å². The highest BCUT2D eigenvalue weighted by molar-refractivity contribution is 7.99. The first-order valence-corrected chi connectivity index (χ1v) is 11.9. The van der Waals surface area contributed by atoms with Crippen molar-refractivity contribution in [2.75, 3.05) is 18.8 Å². The fourth-order valence-electron chi connectivity index (χ4n) is 3.97. The molecule has 7 nitrogen and oxygen atoms in total. The van der Waals surface area contributed by atoms with Crippen LogP contribution >= 0.6 is 11.8 Å². The fourth-order valence-corrected chi connectivity index (χ4v) is 5.10. The summed E-state index contributed by atoms with van der Waals surface area (Å²) < 4.78 is 3.43. The third-order valence-electron chi connectivity index (χ3n) is 6.03. The number of unbranched alkanes of at least 4 members (excludes halogenated alkanes) is 1. The van der Waals surface area contributed by atoms with Crippen LogP contribution in [0, 0.1) is 13.8 Å². The summed E-state index contributed by atoms with van der Waals surface area (Å²) in [5, 5.41) is 5.61. The quantitative estimate of drug-likeness (QED) is 0.522. The summed E-state index contributed by atoms with van der Waals surface area (Å²) in [4.78, 5) is 32.8. The van der Waals surface area contributed by atoms with Gasteiger partial charge in [0.1, 0.15) is 5.39 Å². The number of thioether (sulfide) groups is 1. The van der Waals surface area contributed by atoms with E-state index in [1.807, 2.05) is 24.0 Å². The van der Waals surface area contributed by atoms with Gasteiger partial charge in [-0.2, -0.15) is 5.10 Å². The topological polar surface area (TPSA) is 73.0 Å². The molecule has 0 bridgehead atoms. The Hall–Kier alpha value is -2.61. The zero-order chi connectivity index (χ0) is 22.1. The largest absolute Gasteiger partial charge is 0.343 e. The molecule has 0 radical (unpaired) electrons. The number of nitrogens with zero attached hydrogens (tertiary/aromatic N) is 5. The molecule has 8 heteroatoms. The highest BCUT2D eigenvalue weighted by Crippen LogP contribution is 2.33. The number of rotatable bonds is 7. The summed E-state index contributed by atoms with van der Waals surface area (Å²) in [5.74, 6) is 0.787. The minimum absolute atomic E-state index is 0.104. The molecule has 3 heterocycles. The molecule has 1 aromatic carbocycles. The van der Waals surface area contributed by atoms with Crippen molar-refractivity contribution in [3.05, 3.63) is 45.9 Å². The lowest BCUT2D eigenvalue weighted by Crippen LogP contribution is -2.35. The van der Waals surface area contributed by atoms with Crippen molar-refractivity contribution < 1.29 is 4.79 Å². The highest BCUT2D eigenvalue weighted by atomic mass is 32.2. The van der Waals surface area contributed by atoms with Crippen molar-refractivity contribution in [2.45, 2.75) is 58.2 Å². The Kier molecular flexibility index (Phi) is 6.18. The lowest BCUT2D eigenvalue weighted by Gasteiger charge is -2.23. The first kappa shape index (κ1) is 21.6. The SMILES string of the molecule is CCCCN(CC)C(=O)CC1CSc2nc3c(cnn3-c3ccc(C)c(C)c3)c(=O)n21. The summed E-state index contributed by atoms with van der Waals surface area (Å²) in [5.41, 5.74) is 3.71. The Bertz CT molecular complexity index is 1180. The number of amides is 1. The molecule has 31 heavy (non-hydrogen) atoms. The van der Waals surface area contributed by atoms with E-state index in [9.17, 15) is 9.59 Å². The molecule has 4 rings (SSSR count). The van der Waals surface area contributed by atoms with Crippen molar-refractivity contribution >= 4 is 28.7 Å². The van der Waals surface area contributed by atoms with E-state index in [0.29, 0.717) is 34.9 Å². The van der Waals surface area contributed by atoms with E-state index in [4.69, 9.17) is 4.98 Å². The summed E-state index contributed by atoms with van der Waals surface area (Å²) in [6.07, 6.45) is 3.97. The average molecular weight is 440 g/mol. The number of fused-ring (bicyclic) bond motifs is 2. The standard InChI is InChI=1S/C23H29N5O2S/c1-5-7-10-26(6-2)20(29)12-18-14-31-23-25-21-19(22(30)27(18)23)13-24-28(21)17-9-8-15(3)16(4)11-17/h8-9,11,13,18H,5-7,10,12,14H2,1-4H3. The molecular formula is C23H29N5O2S. The Morgan fingerprint density at radius 2 is 2.06 bits per heavy atom. The van der Waals surface area contributed by atoms with Gasteiger partial charge in [-0.1, -0.05) is 31.2 Å². The van der Waals surface area contributed by atoms with Gasteiger partial charge in [0, 0.05) is 25.3 Å². The van der Waals surface area contributed by atoms with Crippen LogP contribution in [0.15, 0.2) is 34.3 Å². The maximum Gasteiger partial charge on any atom is 0.265 e. The maximum absolute atomic E-state index is 13.3. The smallest absolute Gasteiger partial charge is 0.265 e. The van der Waals surface area contributed by atoms with Gasteiger partial charge in [-0.25, -0.2) is 9.67 Å². The second-order valence-electron chi connectivity index (χ2n) is 8.13. The molecule has 1 aliphatic heterocycles. The Morgan fingerprint density at radius 1 is 1.26 bits per heavy atom. The summed E-state index contributed by atoms with van der Waals surface area (Å²) in [7, 11) is 0. The van der Waals surface area contributed by atoms with Crippen LogP contribution in [0.25, 0.3) is 16.7 Å². The van der Waals surface area contributed by atoms with Crippen molar-refractivity contribution in [3.63, 3.8) is 0 Å². The monoisotopic (exact) mass is 439 g/mol. The van der Waals surface area contributed by atoms with Gasteiger partial charge < -0.3 is 4.90 Å². The van der Waals surface area contributed by atoms with E-state index in [0.717, 1.165) is 30.6 Å². The molecular weight excluding hydrogens is 410 g/mol. The summed E-state index contributed by atoms with van der Waals surface area (Å²) in [6, 6.07) is 5.93. The number of carbonyl (C=O) groups excluding carboxylic acids is 1. The van der Waals surface area contributed by atoms with Gasteiger partial charge >= 0.3 is 0 Å². The fraction of sp³-hybridized carbons (Fsp3) is 0.478. The van der Waals surface area contributed by atoms with Crippen molar-refractivity contribution in [3.8, 4) is 5.69 Å². The molecule has 0 spiro atoms. The van der Waals surface area contributed by atoms with Crippen LogP contribution in [0.3, 0.4) is 0 Å². The van der Waals surface area contributed by atoms with E-state index >= 15 is 0 Å². The summed E-state index contributed by atoms with van der Waals surface area (Å²) in [6.45, 7) is 9.72. The molecule has 0 N–H and O–H groups in total. The summed E-state index contributed by atoms with van der Waals surface area (Å²) >= 11 is 1.54. The van der Waals surface area contributed by atoms with Gasteiger partial charge in [0.15, 0.2) is 10.8 Å². The predicted octanol–water partition coefficient (Wildman–Crippen LogP) is 3.88. The Balaban J connectivity index is 1.67. The van der Waals surface area contributed by atoms with E-state index in [2.05, 4.69) is 31.9 Å². The van der Waals surface area contributed by atoms with Crippen molar-refractivity contribution in [1.82, 2.24) is 24.2 Å². The van der Waals surface area contributed by atoms with E-state index in [-0.39, 0.29) is 17.5 Å². The van der Waals surface area contributed by atoms with Crippen LogP contribution in [0.2, 0.25) is 0 Å². The first-order chi connectivity index (χ1) is 14.9. The second-order valence-corrected chi connectivity index (χ2v) is 9.11. The van der Waals surface area contributed by atoms with Gasteiger partial charge in [0.25, 0.3) is 5.56 Å².